The average molecular weight is 493 g/mol. The molecule has 2 aromatic heterocycles. The van der Waals surface area contributed by atoms with Gasteiger partial charge in [0.2, 0.25) is 5.91 Å². The summed E-state index contributed by atoms with van der Waals surface area (Å²) >= 11 is 7.68. The van der Waals surface area contributed by atoms with Gasteiger partial charge in [0.15, 0.2) is 5.76 Å². The first-order chi connectivity index (χ1) is 16.4. The van der Waals surface area contributed by atoms with E-state index in [1.165, 1.54) is 18.7 Å². The minimum absolute atomic E-state index is 0.205. The highest BCUT2D eigenvalue weighted by Gasteiger charge is 2.45. The van der Waals surface area contributed by atoms with Crippen molar-refractivity contribution in [2.75, 3.05) is 10.7 Å². The molecule has 0 fully saturated rings. The minimum Gasteiger partial charge on any atom is -0.854 e. The number of anilines is 1. The van der Waals surface area contributed by atoms with Gasteiger partial charge in [0, 0.05) is 22.6 Å². The van der Waals surface area contributed by atoms with Crippen molar-refractivity contribution in [2.45, 2.75) is 32.1 Å². The molecule has 3 heterocycles. The zero-order valence-electron chi connectivity index (χ0n) is 18.8. The predicted octanol–water partition coefficient (Wildman–Crippen LogP) is 4.75. The maximum atomic E-state index is 13.2. The van der Waals surface area contributed by atoms with Gasteiger partial charge in [-0.2, -0.15) is 0 Å². The van der Waals surface area contributed by atoms with Crippen molar-refractivity contribution in [1.29, 1.82) is 0 Å². The molecule has 1 aliphatic rings. The Kier molecular flexibility index (Phi) is 5.79. The van der Waals surface area contributed by atoms with Crippen LogP contribution in [0.4, 0.5) is 5.69 Å². The summed E-state index contributed by atoms with van der Waals surface area (Å²) in [4.78, 5) is 18.7. The molecule has 1 amide bonds. The van der Waals surface area contributed by atoms with Gasteiger partial charge in [0.1, 0.15) is 5.76 Å². The summed E-state index contributed by atoms with van der Waals surface area (Å²) in [7, 11) is 0. The van der Waals surface area contributed by atoms with Crippen LogP contribution in [-0.2, 0) is 4.79 Å². The van der Waals surface area contributed by atoms with Crippen LogP contribution in [0.15, 0.2) is 64.2 Å². The normalized spacial score (nSPS) is 14.6. The van der Waals surface area contributed by atoms with E-state index >= 15 is 0 Å². The Morgan fingerprint density at radius 3 is 2.71 bits per heavy atom. The number of carbonyl (C=O) groups is 1. The Hall–Kier alpha value is -3.36. The average Bonchev–Trinajstić information content (AvgIpc) is 3.29. The van der Waals surface area contributed by atoms with Crippen molar-refractivity contribution >= 4 is 35.0 Å². The van der Waals surface area contributed by atoms with Crippen LogP contribution in [0, 0.1) is 6.92 Å². The number of halogens is 1. The molecule has 9 heteroatoms. The van der Waals surface area contributed by atoms with E-state index in [9.17, 15) is 9.90 Å². The number of fused-ring (bicyclic) bond motifs is 3. The molecule has 1 unspecified atom stereocenters. The summed E-state index contributed by atoms with van der Waals surface area (Å²) in [5.74, 6) is 1.18. The van der Waals surface area contributed by atoms with Crippen molar-refractivity contribution in [3.63, 3.8) is 0 Å². The fourth-order valence-corrected chi connectivity index (χ4v) is 4.96. The summed E-state index contributed by atoms with van der Waals surface area (Å²) in [5, 5.41) is 18.8. The maximum Gasteiger partial charge on any atom is 0.325 e. The molecule has 0 saturated heterocycles. The lowest BCUT2D eigenvalue weighted by Crippen LogP contribution is -2.58. The van der Waals surface area contributed by atoms with E-state index in [4.69, 9.17) is 16.0 Å². The van der Waals surface area contributed by atoms with Crippen LogP contribution < -0.4 is 14.7 Å². The molecule has 172 valence electrons. The van der Waals surface area contributed by atoms with E-state index in [1.807, 2.05) is 56.3 Å². The van der Waals surface area contributed by atoms with Gasteiger partial charge >= 0.3 is 6.17 Å². The Morgan fingerprint density at radius 1 is 1.18 bits per heavy atom. The van der Waals surface area contributed by atoms with Crippen LogP contribution >= 0.6 is 23.4 Å². The molecular weight excluding hydrogens is 472 g/mol. The topological polar surface area (TPSA) is 86.2 Å². The lowest BCUT2D eigenvalue weighted by molar-refractivity contribution is -0.765. The number of rotatable bonds is 4. The third-order valence-corrected chi connectivity index (χ3v) is 6.87. The lowest BCUT2D eigenvalue weighted by Gasteiger charge is -2.31. The molecule has 0 spiro atoms. The highest BCUT2D eigenvalue weighted by molar-refractivity contribution is 7.99. The molecule has 7 nitrogen and oxygen atoms in total. The van der Waals surface area contributed by atoms with Gasteiger partial charge in [-0.3, -0.25) is 4.79 Å². The number of benzene rings is 2. The molecule has 0 bridgehead atoms. The van der Waals surface area contributed by atoms with Crippen LogP contribution in [0.1, 0.15) is 31.3 Å². The van der Waals surface area contributed by atoms with E-state index in [0.29, 0.717) is 44.4 Å². The molecule has 1 aliphatic heterocycles. The van der Waals surface area contributed by atoms with Crippen molar-refractivity contribution < 1.29 is 19.0 Å². The zero-order valence-corrected chi connectivity index (χ0v) is 20.4. The molecule has 1 atom stereocenters. The standard InChI is InChI=1S/C25H21ClN4O3S/c1-4-34-25-27-23(32)22-17-8-5-6-11-19(17)29(15(3)31)24(30(22)28-25)21-13-12-20(33-21)16-9-7-10-18(26)14(16)2/h5-13,24H,4H2,1-3H3. The van der Waals surface area contributed by atoms with Gasteiger partial charge < -0.3 is 9.52 Å². The first-order valence-electron chi connectivity index (χ1n) is 10.8. The number of carbonyl (C=O) groups excluding carboxylic acids is 1. The fraction of sp³-hybridized carbons (Fsp3) is 0.200. The van der Waals surface area contributed by atoms with Gasteiger partial charge in [-0.25, -0.2) is 9.88 Å². The summed E-state index contributed by atoms with van der Waals surface area (Å²) in [6, 6.07) is 16.5. The first kappa shape index (κ1) is 22.4. The molecule has 34 heavy (non-hydrogen) atoms. The first-order valence-corrected chi connectivity index (χ1v) is 12.1. The number of amides is 1. The number of aromatic nitrogens is 3. The van der Waals surface area contributed by atoms with Crippen LogP contribution in [0.25, 0.3) is 22.6 Å². The van der Waals surface area contributed by atoms with Crippen molar-refractivity contribution in [2.24, 2.45) is 0 Å². The smallest absolute Gasteiger partial charge is 0.325 e. The Balaban J connectivity index is 1.74. The fourth-order valence-electron chi connectivity index (χ4n) is 4.23. The molecule has 0 aliphatic carbocycles. The van der Waals surface area contributed by atoms with Crippen molar-refractivity contribution in [1.82, 2.24) is 10.1 Å². The third-order valence-electron chi connectivity index (χ3n) is 5.74. The molecule has 0 saturated carbocycles. The summed E-state index contributed by atoms with van der Waals surface area (Å²) in [5.41, 5.74) is 3.26. The summed E-state index contributed by atoms with van der Waals surface area (Å²) in [6.07, 6.45) is -0.789. The van der Waals surface area contributed by atoms with Crippen molar-refractivity contribution in [3.05, 3.63) is 70.9 Å². The van der Waals surface area contributed by atoms with E-state index in [1.54, 1.807) is 21.7 Å². The van der Waals surface area contributed by atoms with E-state index in [0.717, 1.165) is 11.1 Å². The van der Waals surface area contributed by atoms with E-state index < -0.39 is 12.0 Å². The minimum atomic E-state index is -0.789. The number of thioether (sulfide) groups is 1. The van der Waals surface area contributed by atoms with Gasteiger partial charge in [0.25, 0.3) is 10.9 Å². The second kappa shape index (κ2) is 8.77. The van der Waals surface area contributed by atoms with Gasteiger partial charge in [-0.15, -0.1) is 0 Å². The largest absolute Gasteiger partial charge is 0.854 e. The highest BCUT2D eigenvalue weighted by Crippen LogP contribution is 2.42. The molecule has 5 rings (SSSR count). The second-order valence-electron chi connectivity index (χ2n) is 7.82. The zero-order chi connectivity index (χ0) is 24.0. The molecule has 0 N–H and O–H groups in total. The molecule has 4 aromatic rings. The Labute approximate surface area is 206 Å². The number of hydrogen-bond acceptors (Lipinski definition) is 6. The number of furan rings is 1. The summed E-state index contributed by atoms with van der Waals surface area (Å²) < 4.78 is 7.85. The number of hydrogen-bond donors (Lipinski definition) is 0. The van der Waals surface area contributed by atoms with Crippen LogP contribution in [0.2, 0.25) is 5.02 Å². The van der Waals surface area contributed by atoms with E-state index in [-0.39, 0.29) is 5.91 Å². The number of para-hydroxylation sites is 1. The summed E-state index contributed by atoms with van der Waals surface area (Å²) in [6.45, 7) is 5.37. The SMILES string of the molecule is CCSc1nc([O-])c2[n+](n1)C(c1ccc(-c3cccc(Cl)c3C)o1)N(C(C)=O)c1ccccc1-2. The van der Waals surface area contributed by atoms with Crippen LogP contribution in [0.3, 0.4) is 0 Å². The highest BCUT2D eigenvalue weighted by atomic mass is 35.5. The predicted molar refractivity (Wildman–Crippen MR) is 129 cm³/mol. The van der Waals surface area contributed by atoms with Crippen LogP contribution in [0.5, 0.6) is 5.88 Å². The third kappa shape index (κ3) is 3.63. The van der Waals surface area contributed by atoms with Crippen LogP contribution in [-0.4, -0.2) is 21.7 Å². The monoisotopic (exact) mass is 492 g/mol. The Morgan fingerprint density at radius 2 is 1.94 bits per heavy atom. The van der Waals surface area contributed by atoms with Gasteiger partial charge in [0.05, 0.1) is 17.1 Å². The molecular formula is C25H21ClN4O3S. The van der Waals surface area contributed by atoms with Gasteiger partial charge in [-0.05, 0) is 53.3 Å². The molecule has 2 aromatic carbocycles. The second-order valence-corrected chi connectivity index (χ2v) is 9.46. The Bertz CT molecular complexity index is 1420. The quantitative estimate of drug-likeness (QED) is 0.302. The van der Waals surface area contributed by atoms with Crippen molar-refractivity contribution in [3.8, 4) is 28.5 Å². The number of nitrogens with zero attached hydrogens (tertiary/aromatic N) is 4. The lowest BCUT2D eigenvalue weighted by atomic mass is 10.0. The van der Waals surface area contributed by atoms with Gasteiger partial charge in [-0.1, -0.05) is 54.6 Å². The molecule has 0 radical (unpaired) electrons. The van der Waals surface area contributed by atoms with E-state index in [2.05, 4.69) is 10.1 Å². The maximum absolute atomic E-state index is 13.2.